The van der Waals surface area contributed by atoms with Crippen LogP contribution in [0, 0.1) is 0 Å². The Morgan fingerprint density at radius 2 is 2.03 bits per heavy atom. The third-order valence-corrected chi connectivity index (χ3v) is 8.25. The van der Waals surface area contributed by atoms with Crippen molar-refractivity contribution in [3.8, 4) is 11.5 Å². The van der Waals surface area contributed by atoms with Gasteiger partial charge in [-0.25, -0.2) is 8.78 Å². The number of rotatable bonds is 2. The highest BCUT2D eigenvalue weighted by Crippen LogP contribution is 2.68. The molecule has 0 amide bonds. The molecule has 2 aliphatic heterocycles. The van der Waals surface area contributed by atoms with E-state index in [9.17, 15) is 19.0 Å². The lowest BCUT2D eigenvalue weighted by Crippen LogP contribution is -2.74. The molecule has 3 aromatic rings. The van der Waals surface area contributed by atoms with Crippen LogP contribution >= 0.6 is 12.4 Å². The lowest BCUT2D eigenvalue weighted by Gasteiger charge is -2.62. The molecule has 4 aliphatic rings. The number of hydrogen-bond donors (Lipinski definition) is 3. The number of nitrogens with zero attached hydrogens (tertiary/aromatic N) is 1. The maximum atomic E-state index is 13.4. The van der Waals surface area contributed by atoms with E-state index >= 15 is 0 Å². The fourth-order valence-corrected chi connectivity index (χ4v) is 7.12. The summed E-state index contributed by atoms with van der Waals surface area (Å²) < 4.78 is 33.3. The SMILES string of the molecule is Cl.Oc1ccc2c3c1O[C@H]1c4[nH]c5ccccc5c4C[C@@]4(O)[C@@H](C2)N(CC(F)F)CC[C@]314. The highest BCUT2D eigenvalue weighted by atomic mass is 35.5. The molecular formula is C24H23ClF2N2O3. The second-order valence-electron chi connectivity index (χ2n) is 9.44. The van der Waals surface area contributed by atoms with Gasteiger partial charge in [0.2, 0.25) is 0 Å². The number of alkyl halides is 2. The van der Waals surface area contributed by atoms with E-state index in [1.54, 1.807) is 11.0 Å². The predicted octanol–water partition coefficient (Wildman–Crippen LogP) is 3.85. The summed E-state index contributed by atoms with van der Waals surface area (Å²) in [5.41, 5.74) is 2.68. The summed E-state index contributed by atoms with van der Waals surface area (Å²) in [5.74, 6) is 0.504. The normalized spacial score (nSPS) is 31.8. The average molecular weight is 461 g/mol. The molecule has 0 saturated carbocycles. The number of para-hydroxylation sites is 1. The van der Waals surface area contributed by atoms with Crippen molar-refractivity contribution in [3.63, 3.8) is 0 Å². The van der Waals surface area contributed by atoms with E-state index in [0.29, 0.717) is 31.6 Å². The Labute approximate surface area is 189 Å². The fraction of sp³-hybridized carbons (Fsp3) is 0.417. The number of phenolic OH excluding ortho intramolecular Hbond substituents is 1. The quantitative estimate of drug-likeness (QED) is 0.543. The number of H-pyrrole nitrogens is 1. The number of aliphatic hydroxyl groups is 1. The molecule has 1 spiro atoms. The Kier molecular flexibility index (Phi) is 4.03. The zero-order valence-electron chi connectivity index (χ0n) is 17.1. The molecule has 8 heteroatoms. The first-order valence-corrected chi connectivity index (χ1v) is 10.8. The Bertz CT molecular complexity index is 1260. The summed E-state index contributed by atoms with van der Waals surface area (Å²) in [7, 11) is 0. The second kappa shape index (κ2) is 6.37. The first-order valence-electron chi connectivity index (χ1n) is 10.8. The molecule has 0 radical (unpaired) electrons. The smallest absolute Gasteiger partial charge is 0.251 e. The molecule has 1 fully saturated rings. The van der Waals surface area contributed by atoms with Crippen LogP contribution in [0.15, 0.2) is 36.4 Å². The number of fused-ring (bicyclic) bond motifs is 4. The molecule has 2 aliphatic carbocycles. The van der Waals surface area contributed by atoms with E-state index in [-0.39, 0.29) is 24.7 Å². The number of aromatic nitrogens is 1. The molecule has 3 N–H and O–H groups in total. The van der Waals surface area contributed by atoms with Crippen LogP contribution in [0.1, 0.15) is 34.9 Å². The molecule has 32 heavy (non-hydrogen) atoms. The number of hydrogen-bond acceptors (Lipinski definition) is 4. The Balaban J connectivity index is 0.00000196. The molecule has 1 aromatic heterocycles. The lowest BCUT2D eigenvalue weighted by atomic mass is 9.49. The van der Waals surface area contributed by atoms with Gasteiger partial charge >= 0.3 is 0 Å². The van der Waals surface area contributed by atoms with Crippen molar-refractivity contribution in [1.29, 1.82) is 0 Å². The number of aromatic hydroxyl groups is 1. The van der Waals surface area contributed by atoms with E-state index in [4.69, 9.17) is 4.74 Å². The van der Waals surface area contributed by atoms with E-state index in [0.717, 1.165) is 33.3 Å². The standard InChI is InChI=1S/C24H22F2N2O3.ClH/c25-18(26)11-28-8-7-23-19-12-5-6-16(29)21(19)31-22(23)20-14(10-24(23,30)17(28)9-12)13-3-1-2-4-15(13)27-20;/h1-6,17-18,22,27,29-30H,7-11H2;1H/t17-,22+,23+,24-;/m1./s1. The van der Waals surface area contributed by atoms with Gasteiger partial charge in [-0.15, -0.1) is 12.4 Å². The van der Waals surface area contributed by atoms with Gasteiger partial charge in [0, 0.05) is 28.9 Å². The van der Waals surface area contributed by atoms with Crippen molar-refractivity contribution in [2.24, 2.45) is 0 Å². The van der Waals surface area contributed by atoms with Gasteiger partial charge in [0.1, 0.15) is 0 Å². The molecular weight excluding hydrogens is 438 g/mol. The number of piperidine rings is 1. The van der Waals surface area contributed by atoms with Crippen LogP contribution < -0.4 is 4.74 Å². The molecule has 2 bridgehead atoms. The number of benzene rings is 2. The first-order chi connectivity index (χ1) is 14.9. The number of likely N-dealkylation sites (tertiary alicyclic amines) is 1. The van der Waals surface area contributed by atoms with Crippen LogP contribution in [0.25, 0.3) is 10.9 Å². The van der Waals surface area contributed by atoms with Crippen LogP contribution in [-0.4, -0.2) is 51.3 Å². The Morgan fingerprint density at radius 1 is 1.22 bits per heavy atom. The Morgan fingerprint density at radius 3 is 2.84 bits per heavy atom. The molecule has 3 heterocycles. The Hall–Kier alpha value is -2.35. The number of phenols is 1. The van der Waals surface area contributed by atoms with Crippen molar-refractivity contribution in [3.05, 3.63) is 58.8 Å². The van der Waals surface area contributed by atoms with Crippen molar-refractivity contribution >= 4 is 23.3 Å². The number of halogens is 3. The second-order valence-corrected chi connectivity index (χ2v) is 9.44. The maximum Gasteiger partial charge on any atom is 0.251 e. The van der Waals surface area contributed by atoms with Gasteiger partial charge in [-0.1, -0.05) is 24.3 Å². The molecule has 1 saturated heterocycles. The van der Waals surface area contributed by atoms with Crippen molar-refractivity contribution < 1.29 is 23.7 Å². The molecule has 5 nitrogen and oxygen atoms in total. The minimum atomic E-state index is -2.46. The van der Waals surface area contributed by atoms with Gasteiger partial charge in [-0.05, 0) is 42.6 Å². The molecule has 2 aromatic carbocycles. The summed E-state index contributed by atoms with van der Waals surface area (Å²) in [4.78, 5) is 5.28. The fourth-order valence-electron chi connectivity index (χ4n) is 7.12. The molecule has 4 atom stereocenters. The van der Waals surface area contributed by atoms with Gasteiger partial charge in [0.05, 0.1) is 23.3 Å². The van der Waals surface area contributed by atoms with Crippen LogP contribution in [-0.2, 0) is 18.3 Å². The molecule has 0 unspecified atom stereocenters. The average Bonchev–Trinajstić information content (AvgIpc) is 3.27. The first kappa shape index (κ1) is 20.3. The zero-order chi connectivity index (χ0) is 21.1. The summed E-state index contributed by atoms with van der Waals surface area (Å²) >= 11 is 0. The highest BCUT2D eigenvalue weighted by Gasteiger charge is 2.72. The van der Waals surface area contributed by atoms with E-state index < -0.39 is 29.6 Å². The molecule has 168 valence electrons. The highest BCUT2D eigenvalue weighted by molar-refractivity contribution is 5.86. The lowest BCUT2D eigenvalue weighted by molar-refractivity contribution is -0.177. The van der Waals surface area contributed by atoms with E-state index in [1.165, 1.54) is 0 Å². The van der Waals surface area contributed by atoms with Crippen LogP contribution in [0.5, 0.6) is 11.5 Å². The summed E-state index contributed by atoms with van der Waals surface area (Å²) in [5, 5.41) is 24.1. The minimum Gasteiger partial charge on any atom is -0.504 e. The van der Waals surface area contributed by atoms with Gasteiger partial charge in [0.25, 0.3) is 6.43 Å². The predicted molar refractivity (Wildman–Crippen MR) is 117 cm³/mol. The van der Waals surface area contributed by atoms with Crippen LogP contribution in [0.4, 0.5) is 8.78 Å². The van der Waals surface area contributed by atoms with Crippen molar-refractivity contribution in [1.82, 2.24) is 9.88 Å². The largest absolute Gasteiger partial charge is 0.504 e. The third kappa shape index (κ3) is 2.15. The van der Waals surface area contributed by atoms with E-state index in [1.807, 2.05) is 30.3 Å². The zero-order valence-corrected chi connectivity index (χ0v) is 18.0. The van der Waals surface area contributed by atoms with Gasteiger partial charge in [0.15, 0.2) is 17.6 Å². The van der Waals surface area contributed by atoms with Crippen LogP contribution in [0.2, 0.25) is 0 Å². The maximum absolute atomic E-state index is 13.4. The van der Waals surface area contributed by atoms with Gasteiger partial charge in [-0.3, -0.25) is 4.90 Å². The van der Waals surface area contributed by atoms with Gasteiger partial charge < -0.3 is 19.9 Å². The van der Waals surface area contributed by atoms with Crippen molar-refractivity contribution in [2.75, 3.05) is 13.1 Å². The summed E-state index contributed by atoms with van der Waals surface area (Å²) in [6.07, 6.45) is -1.63. The summed E-state index contributed by atoms with van der Waals surface area (Å²) in [6, 6.07) is 11.0. The van der Waals surface area contributed by atoms with Crippen molar-refractivity contribution in [2.45, 2.75) is 48.8 Å². The van der Waals surface area contributed by atoms with E-state index in [2.05, 4.69) is 4.98 Å². The minimum absolute atomic E-state index is 0. The van der Waals surface area contributed by atoms with Gasteiger partial charge in [-0.2, -0.15) is 0 Å². The third-order valence-electron chi connectivity index (χ3n) is 8.25. The number of ether oxygens (including phenoxy) is 1. The topological polar surface area (TPSA) is 68.7 Å². The monoisotopic (exact) mass is 460 g/mol. The summed E-state index contributed by atoms with van der Waals surface area (Å²) in [6.45, 7) is 0.108. The number of nitrogens with one attached hydrogen (secondary N) is 1. The van der Waals surface area contributed by atoms with Crippen LogP contribution in [0.3, 0.4) is 0 Å². The molecule has 7 rings (SSSR count). The number of aromatic amines is 1.